The number of carbonyl (C=O) groups is 1. The highest BCUT2D eigenvalue weighted by atomic mass is 16.1. The van der Waals surface area contributed by atoms with Crippen LogP contribution in [0.3, 0.4) is 0 Å². The molecule has 0 spiro atoms. The van der Waals surface area contributed by atoms with E-state index in [9.17, 15) is 4.79 Å². The van der Waals surface area contributed by atoms with Crippen molar-refractivity contribution in [1.29, 1.82) is 0 Å². The molecule has 0 fully saturated rings. The van der Waals surface area contributed by atoms with Crippen molar-refractivity contribution in [2.24, 2.45) is 9.98 Å². The van der Waals surface area contributed by atoms with Crippen molar-refractivity contribution in [3.05, 3.63) is 47.2 Å². The van der Waals surface area contributed by atoms with E-state index < -0.39 is 0 Å². The number of aliphatic imine (C=N–C) groups is 2. The van der Waals surface area contributed by atoms with Gasteiger partial charge >= 0.3 is 0 Å². The summed E-state index contributed by atoms with van der Waals surface area (Å²) in [7, 11) is 0. The zero-order valence-electron chi connectivity index (χ0n) is 9.34. The summed E-state index contributed by atoms with van der Waals surface area (Å²) in [6, 6.07) is 10.2. The van der Waals surface area contributed by atoms with Crippen molar-refractivity contribution in [3.8, 4) is 0 Å². The fourth-order valence-corrected chi connectivity index (χ4v) is 2.22. The summed E-state index contributed by atoms with van der Waals surface area (Å²) in [4.78, 5) is 20.2. The molecule has 3 heteroatoms. The Morgan fingerprint density at radius 1 is 1.24 bits per heavy atom. The van der Waals surface area contributed by atoms with E-state index in [1.165, 1.54) is 11.8 Å². The third kappa shape index (κ3) is 1.84. The first kappa shape index (κ1) is 10.1. The monoisotopic (exact) mass is 224 g/mol. The first-order chi connectivity index (χ1) is 8.34. The Hall–Kier alpha value is -2.03. The second kappa shape index (κ2) is 4.09. The molecule has 1 atom stereocenters. The Balaban J connectivity index is 1.87. The van der Waals surface area contributed by atoms with E-state index >= 15 is 0 Å². The number of nitrogens with zero attached hydrogens (tertiary/aromatic N) is 2. The van der Waals surface area contributed by atoms with Gasteiger partial charge in [0.1, 0.15) is 0 Å². The van der Waals surface area contributed by atoms with Crippen LogP contribution in [0, 0.1) is 0 Å². The summed E-state index contributed by atoms with van der Waals surface area (Å²) in [5, 5.41) is 0. The Bertz CT molecular complexity index is 541. The van der Waals surface area contributed by atoms with E-state index in [0.717, 1.165) is 17.7 Å². The molecule has 0 bridgehead atoms. The van der Waals surface area contributed by atoms with Gasteiger partial charge in [0.15, 0.2) is 0 Å². The number of Topliss-reactive ketones (excluding diaryl/α,β-unsaturated/α-hetero) is 1. The first-order valence-corrected chi connectivity index (χ1v) is 5.71. The molecular formula is C14H12N2O. The molecule has 17 heavy (non-hydrogen) atoms. The molecule has 0 radical (unpaired) electrons. The highest BCUT2D eigenvalue weighted by molar-refractivity contribution is 6.37. The van der Waals surface area contributed by atoms with E-state index in [1.807, 2.05) is 18.2 Å². The maximum Gasteiger partial charge on any atom is 0.201 e. The maximum absolute atomic E-state index is 11.6. The molecule has 0 amide bonds. The smallest absolute Gasteiger partial charge is 0.201 e. The Morgan fingerprint density at radius 2 is 2.06 bits per heavy atom. The number of benzene rings is 1. The molecule has 0 saturated heterocycles. The van der Waals surface area contributed by atoms with Crippen LogP contribution in [0.5, 0.6) is 0 Å². The van der Waals surface area contributed by atoms with Crippen molar-refractivity contribution < 1.29 is 4.79 Å². The van der Waals surface area contributed by atoms with Crippen LogP contribution in [0.1, 0.15) is 12.0 Å². The Kier molecular flexibility index (Phi) is 2.44. The average Bonchev–Trinajstić information content (AvgIpc) is 2.84. The zero-order chi connectivity index (χ0) is 11.7. The first-order valence-electron chi connectivity index (χ1n) is 5.71. The van der Waals surface area contributed by atoms with Crippen LogP contribution in [0.15, 0.2) is 51.6 Å². The molecule has 3 rings (SSSR count). The molecule has 1 aromatic rings. The van der Waals surface area contributed by atoms with Gasteiger partial charge in [0.2, 0.25) is 5.78 Å². The van der Waals surface area contributed by atoms with E-state index in [1.54, 1.807) is 6.21 Å². The third-order valence-electron chi connectivity index (χ3n) is 3.09. The fraction of sp³-hybridized carbons (Fsp3) is 0.214. The van der Waals surface area contributed by atoms with Crippen molar-refractivity contribution in [2.75, 3.05) is 0 Å². The molecule has 1 aromatic carbocycles. The molecular weight excluding hydrogens is 212 g/mol. The maximum atomic E-state index is 11.6. The zero-order valence-corrected chi connectivity index (χ0v) is 9.34. The van der Waals surface area contributed by atoms with Gasteiger partial charge in [-0.15, -0.1) is 0 Å². The largest absolute Gasteiger partial charge is 0.288 e. The lowest BCUT2D eigenvalue weighted by Crippen LogP contribution is -2.21. The van der Waals surface area contributed by atoms with E-state index in [0.29, 0.717) is 6.42 Å². The highest BCUT2D eigenvalue weighted by Gasteiger charge is 2.27. The van der Waals surface area contributed by atoms with Gasteiger partial charge < -0.3 is 0 Å². The summed E-state index contributed by atoms with van der Waals surface area (Å²) in [6.07, 6.45) is 4.71. The number of hydrogen-bond acceptors (Lipinski definition) is 3. The van der Waals surface area contributed by atoms with E-state index in [-0.39, 0.29) is 11.8 Å². The van der Waals surface area contributed by atoms with E-state index in [4.69, 9.17) is 0 Å². The summed E-state index contributed by atoms with van der Waals surface area (Å²) >= 11 is 0. The second-order valence-corrected chi connectivity index (χ2v) is 4.23. The standard InChI is InChI=1S/C14H12N2O/c17-13-9-16-12(14-11(13)6-7-15-14)8-10-4-2-1-3-5-10/h1-5,7,9,12H,6,8H2. The predicted octanol–water partition coefficient (Wildman–Crippen LogP) is 1.98. The number of hydrogen-bond donors (Lipinski definition) is 0. The van der Waals surface area contributed by atoms with Crippen LogP contribution in [0.4, 0.5) is 0 Å². The van der Waals surface area contributed by atoms with Gasteiger partial charge in [-0.3, -0.25) is 14.8 Å². The lowest BCUT2D eigenvalue weighted by Gasteiger charge is -2.17. The minimum absolute atomic E-state index is 0.00356. The van der Waals surface area contributed by atoms with Crippen LogP contribution < -0.4 is 0 Å². The highest BCUT2D eigenvalue weighted by Crippen LogP contribution is 2.26. The van der Waals surface area contributed by atoms with Gasteiger partial charge in [0.25, 0.3) is 0 Å². The van der Waals surface area contributed by atoms with Crippen LogP contribution in [0.25, 0.3) is 0 Å². The summed E-state index contributed by atoms with van der Waals surface area (Å²) in [5.41, 5.74) is 2.90. The van der Waals surface area contributed by atoms with Crippen molar-refractivity contribution in [1.82, 2.24) is 0 Å². The Labute approximate surface area is 99.6 Å². The average molecular weight is 224 g/mol. The molecule has 1 unspecified atom stereocenters. The number of ketones is 1. The normalized spacial score (nSPS) is 22.1. The number of allylic oxidation sites excluding steroid dienone is 1. The number of rotatable bonds is 2. The lowest BCUT2D eigenvalue weighted by molar-refractivity contribution is -0.109. The van der Waals surface area contributed by atoms with Gasteiger partial charge in [-0.2, -0.15) is 0 Å². The van der Waals surface area contributed by atoms with Gasteiger partial charge in [0, 0.05) is 24.6 Å². The minimum atomic E-state index is 0.00356. The molecule has 2 heterocycles. The van der Waals surface area contributed by atoms with Crippen molar-refractivity contribution >= 4 is 18.2 Å². The third-order valence-corrected chi connectivity index (χ3v) is 3.09. The van der Waals surface area contributed by atoms with E-state index in [2.05, 4.69) is 22.1 Å². The van der Waals surface area contributed by atoms with Crippen molar-refractivity contribution in [3.63, 3.8) is 0 Å². The van der Waals surface area contributed by atoms with Gasteiger partial charge in [-0.1, -0.05) is 30.3 Å². The topological polar surface area (TPSA) is 41.8 Å². The lowest BCUT2D eigenvalue weighted by atomic mass is 9.96. The van der Waals surface area contributed by atoms with Crippen LogP contribution in [0.2, 0.25) is 0 Å². The summed E-state index contributed by atoms with van der Waals surface area (Å²) in [6.45, 7) is 0. The Morgan fingerprint density at radius 3 is 2.88 bits per heavy atom. The van der Waals surface area contributed by atoms with Crippen molar-refractivity contribution in [2.45, 2.75) is 18.9 Å². The van der Waals surface area contributed by atoms with Crippen LogP contribution >= 0.6 is 0 Å². The molecule has 0 aliphatic carbocycles. The molecule has 0 aromatic heterocycles. The predicted molar refractivity (Wildman–Crippen MR) is 67.6 cm³/mol. The molecule has 0 N–H and O–H groups in total. The molecule has 2 aliphatic heterocycles. The van der Waals surface area contributed by atoms with Crippen LogP contribution in [-0.2, 0) is 11.2 Å². The quantitative estimate of drug-likeness (QED) is 0.757. The number of dihydropyridines is 1. The van der Waals surface area contributed by atoms with Crippen LogP contribution in [-0.4, -0.2) is 24.3 Å². The van der Waals surface area contributed by atoms with Gasteiger partial charge in [-0.25, -0.2) is 0 Å². The molecule has 0 saturated carbocycles. The molecule has 84 valence electrons. The molecule has 3 nitrogen and oxygen atoms in total. The SMILES string of the molecule is O=C1C=NC(Cc2ccccc2)C2=C1CC=N2. The summed E-state index contributed by atoms with van der Waals surface area (Å²) < 4.78 is 0. The van der Waals surface area contributed by atoms with Gasteiger partial charge in [0.05, 0.1) is 18.0 Å². The molecule has 2 aliphatic rings. The fourth-order valence-electron chi connectivity index (χ4n) is 2.22. The summed E-state index contributed by atoms with van der Waals surface area (Å²) in [5.74, 6) is 0.0156. The number of carbonyl (C=O) groups excluding carboxylic acids is 1. The van der Waals surface area contributed by atoms with Gasteiger partial charge in [-0.05, 0) is 5.56 Å². The minimum Gasteiger partial charge on any atom is -0.288 e. The second-order valence-electron chi connectivity index (χ2n) is 4.23.